The summed E-state index contributed by atoms with van der Waals surface area (Å²) in [7, 11) is -4.00. The van der Waals surface area contributed by atoms with Crippen molar-refractivity contribution < 1.29 is 17.6 Å². The van der Waals surface area contributed by atoms with Crippen molar-refractivity contribution >= 4 is 45.6 Å². The molecular weight excluding hydrogens is 392 g/mol. The van der Waals surface area contributed by atoms with Crippen molar-refractivity contribution in [3.05, 3.63) is 23.0 Å². The van der Waals surface area contributed by atoms with E-state index in [9.17, 15) is 17.6 Å². The Labute approximate surface area is 157 Å². The molecule has 1 amide bonds. The Balaban J connectivity index is 0.00000225. The number of hydrogen-bond acceptors (Lipinski definition) is 4. The standard InChI is InChI=1S/C15H19ClFN3O3S.ClH/c1-9(21)19-14-7-13(17)15(6-12(14)16)24(22,23)20-10-2-3-11(20)8-18-5-4-10;/h6-7,10-11,18H,2-5,8H2,1H3,(H,19,21);1H. The van der Waals surface area contributed by atoms with Crippen molar-refractivity contribution in [2.75, 3.05) is 18.4 Å². The lowest BCUT2D eigenvalue weighted by atomic mass is 10.1. The molecule has 6 nitrogen and oxygen atoms in total. The molecule has 1 aromatic carbocycles. The third-order valence-electron chi connectivity index (χ3n) is 4.47. The van der Waals surface area contributed by atoms with Crippen molar-refractivity contribution in [3.63, 3.8) is 0 Å². The van der Waals surface area contributed by atoms with E-state index in [1.165, 1.54) is 11.2 Å². The molecule has 2 heterocycles. The van der Waals surface area contributed by atoms with Gasteiger partial charge in [0.2, 0.25) is 15.9 Å². The first kappa shape index (κ1) is 20.4. The maximum Gasteiger partial charge on any atom is 0.246 e. The second kappa shape index (κ2) is 7.75. The van der Waals surface area contributed by atoms with E-state index in [-0.39, 0.29) is 35.2 Å². The molecule has 25 heavy (non-hydrogen) atoms. The number of benzene rings is 1. The first-order chi connectivity index (χ1) is 11.3. The van der Waals surface area contributed by atoms with E-state index in [4.69, 9.17) is 11.6 Å². The van der Waals surface area contributed by atoms with Crippen LogP contribution in [0, 0.1) is 5.82 Å². The highest BCUT2D eigenvalue weighted by Gasteiger charge is 2.44. The summed E-state index contributed by atoms with van der Waals surface area (Å²) in [6.07, 6.45) is 2.25. The maximum absolute atomic E-state index is 14.5. The number of carbonyl (C=O) groups is 1. The van der Waals surface area contributed by atoms with Gasteiger partial charge in [-0.05, 0) is 31.9 Å². The fourth-order valence-corrected chi connectivity index (χ4v) is 5.71. The van der Waals surface area contributed by atoms with E-state index >= 15 is 0 Å². The summed E-state index contributed by atoms with van der Waals surface area (Å²) >= 11 is 6.03. The smallest absolute Gasteiger partial charge is 0.246 e. The molecule has 1 aromatic rings. The summed E-state index contributed by atoms with van der Waals surface area (Å²) in [6.45, 7) is 2.58. The van der Waals surface area contributed by atoms with Crippen molar-refractivity contribution in [2.24, 2.45) is 0 Å². The highest BCUT2D eigenvalue weighted by atomic mass is 35.5. The van der Waals surface area contributed by atoms with Crippen LogP contribution in [0.4, 0.5) is 10.1 Å². The van der Waals surface area contributed by atoms with E-state index < -0.39 is 26.6 Å². The lowest BCUT2D eigenvalue weighted by Gasteiger charge is -2.27. The first-order valence-electron chi connectivity index (χ1n) is 7.81. The number of hydrogen-bond donors (Lipinski definition) is 2. The fourth-order valence-electron chi connectivity index (χ4n) is 3.46. The van der Waals surface area contributed by atoms with Gasteiger partial charge in [-0.15, -0.1) is 12.4 Å². The average molecular weight is 412 g/mol. The van der Waals surface area contributed by atoms with Gasteiger partial charge in [0.1, 0.15) is 10.7 Å². The van der Waals surface area contributed by atoms with Gasteiger partial charge < -0.3 is 10.6 Å². The Hall–Kier alpha value is -0.930. The van der Waals surface area contributed by atoms with Crippen LogP contribution in [0.15, 0.2) is 17.0 Å². The van der Waals surface area contributed by atoms with Gasteiger partial charge in [0, 0.05) is 31.6 Å². The highest BCUT2D eigenvalue weighted by Crippen LogP contribution is 2.36. The normalized spacial score (nSPS) is 23.6. The second-order valence-corrected chi connectivity index (χ2v) is 8.38. The molecule has 0 aromatic heterocycles. The number of sulfonamides is 1. The number of nitrogens with zero attached hydrogens (tertiary/aromatic N) is 1. The molecule has 2 aliphatic heterocycles. The van der Waals surface area contributed by atoms with Crippen LogP contribution in [0.2, 0.25) is 5.02 Å². The largest absolute Gasteiger partial charge is 0.325 e. The highest BCUT2D eigenvalue weighted by molar-refractivity contribution is 7.89. The molecule has 0 aliphatic carbocycles. The van der Waals surface area contributed by atoms with Crippen molar-refractivity contribution in [1.82, 2.24) is 9.62 Å². The number of carbonyl (C=O) groups excluding carboxylic acids is 1. The SMILES string of the molecule is CC(=O)Nc1cc(F)c(S(=O)(=O)N2C3CCNCC2CC3)cc1Cl.Cl. The monoisotopic (exact) mass is 411 g/mol. The first-order valence-corrected chi connectivity index (χ1v) is 9.63. The van der Waals surface area contributed by atoms with Crippen LogP contribution in [0.5, 0.6) is 0 Å². The topological polar surface area (TPSA) is 78.5 Å². The third kappa shape index (κ3) is 3.93. The number of halogens is 3. The van der Waals surface area contributed by atoms with Crippen LogP contribution in [0.25, 0.3) is 0 Å². The second-order valence-electron chi connectivity index (χ2n) is 6.16. The Kier molecular flexibility index (Phi) is 6.32. The van der Waals surface area contributed by atoms with E-state index in [1.54, 1.807) is 0 Å². The van der Waals surface area contributed by atoms with Gasteiger partial charge >= 0.3 is 0 Å². The predicted octanol–water partition coefficient (Wildman–Crippen LogP) is 2.37. The van der Waals surface area contributed by atoms with E-state index in [0.717, 1.165) is 31.5 Å². The molecule has 2 aliphatic rings. The molecule has 2 atom stereocenters. The fraction of sp³-hybridized carbons (Fsp3) is 0.533. The number of amides is 1. The summed E-state index contributed by atoms with van der Waals surface area (Å²) in [5.74, 6) is -1.33. The Morgan fingerprint density at radius 1 is 1.32 bits per heavy atom. The van der Waals surface area contributed by atoms with Crippen LogP contribution in [-0.4, -0.2) is 43.8 Å². The molecule has 2 unspecified atom stereocenters. The van der Waals surface area contributed by atoms with Gasteiger partial charge in [-0.25, -0.2) is 12.8 Å². The zero-order valence-corrected chi connectivity index (χ0v) is 16.0. The van der Waals surface area contributed by atoms with E-state index in [2.05, 4.69) is 10.6 Å². The maximum atomic E-state index is 14.5. The molecule has 140 valence electrons. The van der Waals surface area contributed by atoms with Crippen molar-refractivity contribution in [3.8, 4) is 0 Å². The van der Waals surface area contributed by atoms with Gasteiger partial charge in [-0.3, -0.25) is 4.79 Å². The number of nitrogens with one attached hydrogen (secondary N) is 2. The van der Waals surface area contributed by atoms with Crippen LogP contribution in [-0.2, 0) is 14.8 Å². The Bertz CT molecular complexity index is 762. The average Bonchev–Trinajstić information content (AvgIpc) is 2.75. The molecule has 0 spiro atoms. The van der Waals surface area contributed by atoms with Crippen LogP contribution in [0.1, 0.15) is 26.2 Å². The summed E-state index contributed by atoms with van der Waals surface area (Å²) in [5.41, 5.74) is 0.0566. The van der Waals surface area contributed by atoms with Crippen LogP contribution in [0.3, 0.4) is 0 Å². The van der Waals surface area contributed by atoms with Crippen molar-refractivity contribution in [2.45, 2.75) is 43.2 Å². The summed E-state index contributed by atoms with van der Waals surface area (Å²) in [4.78, 5) is 10.7. The van der Waals surface area contributed by atoms with Crippen LogP contribution >= 0.6 is 24.0 Å². The lowest BCUT2D eigenvalue weighted by Crippen LogP contribution is -2.42. The van der Waals surface area contributed by atoms with Gasteiger partial charge in [0.25, 0.3) is 0 Å². The molecule has 2 N–H and O–H groups in total. The number of rotatable bonds is 3. The summed E-state index contributed by atoms with van der Waals surface area (Å²) in [5, 5.41) is 5.59. The lowest BCUT2D eigenvalue weighted by molar-refractivity contribution is -0.114. The molecule has 2 fully saturated rings. The predicted molar refractivity (Wildman–Crippen MR) is 96.3 cm³/mol. The zero-order chi connectivity index (χ0) is 17.5. The summed E-state index contributed by atoms with van der Waals surface area (Å²) in [6, 6.07) is 1.74. The van der Waals surface area contributed by atoms with E-state index in [0.29, 0.717) is 13.0 Å². The molecule has 0 saturated carbocycles. The molecule has 2 bridgehead atoms. The minimum Gasteiger partial charge on any atom is -0.325 e. The van der Waals surface area contributed by atoms with E-state index in [1.807, 2.05) is 0 Å². The molecule has 0 radical (unpaired) electrons. The minimum atomic E-state index is -4.00. The number of anilines is 1. The molecule has 10 heteroatoms. The third-order valence-corrected chi connectivity index (χ3v) is 6.81. The Morgan fingerprint density at radius 3 is 2.68 bits per heavy atom. The Morgan fingerprint density at radius 2 is 2.00 bits per heavy atom. The van der Waals surface area contributed by atoms with Crippen LogP contribution < -0.4 is 10.6 Å². The van der Waals surface area contributed by atoms with Gasteiger partial charge in [-0.2, -0.15) is 4.31 Å². The quantitative estimate of drug-likeness (QED) is 0.799. The van der Waals surface area contributed by atoms with Crippen molar-refractivity contribution in [1.29, 1.82) is 0 Å². The molecular formula is C15H20Cl2FN3O3S. The molecule has 2 saturated heterocycles. The summed E-state index contributed by atoms with van der Waals surface area (Å²) < 4.78 is 41.9. The zero-order valence-electron chi connectivity index (χ0n) is 13.6. The number of fused-ring (bicyclic) bond motifs is 2. The van der Waals surface area contributed by atoms with Gasteiger partial charge in [-0.1, -0.05) is 11.6 Å². The van der Waals surface area contributed by atoms with Gasteiger partial charge in [0.15, 0.2) is 0 Å². The molecule has 3 rings (SSSR count). The van der Waals surface area contributed by atoms with Gasteiger partial charge in [0.05, 0.1) is 10.7 Å². The minimum absolute atomic E-state index is 0.